The molecule has 2 aliphatic rings. The number of aliphatic hydroxyl groups is 1. The van der Waals surface area contributed by atoms with Gasteiger partial charge in [0.2, 0.25) is 0 Å². The van der Waals surface area contributed by atoms with Crippen LogP contribution in [0.15, 0.2) is 0 Å². The molecule has 88 valence electrons. The van der Waals surface area contributed by atoms with E-state index in [2.05, 4.69) is 39.5 Å². The van der Waals surface area contributed by atoms with E-state index in [9.17, 15) is 5.11 Å². The molecule has 4 atom stereocenters. The van der Waals surface area contributed by atoms with E-state index in [4.69, 9.17) is 0 Å². The van der Waals surface area contributed by atoms with Gasteiger partial charge in [-0.1, -0.05) is 13.8 Å². The number of hydrogen-bond acceptors (Lipinski definition) is 2. The number of aliphatic hydroxyl groups excluding tert-OH is 1. The van der Waals surface area contributed by atoms with E-state index < -0.39 is 0 Å². The first kappa shape index (κ1) is 11.4. The Labute approximate surface area is 93.7 Å². The van der Waals surface area contributed by atoms with E-state index in [1.807, 2.05) is 0 Å². The van der Waals surface area contributed by atoms with E-state index in [1.165, 1.54) is 6.54 Å². The van der Waals surface area contributed by atoms with Crippen LogP contribution >= 0.6 is 0 Å². The average molecular weight is 211 g/mol. The van der Waals surface area contributed by atoms with Crippen LogP contribution in [0.2, 0.25) is 0 Å². The molecular formula is C13H25NO. The fourth-order valence-corrected chi connectivity index (χ4v) is 3.71. The molecule has 1 heterocycles. The van der Waals surface area contributed by atoms with Crippen LogP contribution in [0, 0.1) is 23.7 Å². The molecule has 15 heavy (non-hydrogen) atoms. The van der Waals surface area contributed by atoms with Crippen LogP contribution in [0.5, 0.6) is 0 Å². The molecule has 0 aromatic rings. The zero-order valence-corrected chi connectivity index (χ0v) is 10.7. The van der Waals surface area contributed by atoms with Crippen LogP contribution in [0.1, 0.15) is 34.6 Å². The van der Waals surface area contributed by atoms with Crippen LogP contribution < -0.4 is 0 Å². The molecule has 2 heteroatoms. The summed E-state index contributed by atoms with van der Waals surface area (Å²) in [6.45, 7) is 12.9. The predicted octanol–water partition coefficient (Wildman–Crippen LogP) is 1.98. The normalized spacial score (nSPS) is 41.0. The summed E-state index contributed by atoms with van der Waals surface area (Å²) in [5.41, 5.74) is 0.211. The number of piperidine rings is 1. The van der Waals surface area contributed by atoms with Crippen molar-refractivity contribution in [3.8, 4) is 0 Å². The molecule has 2 fully saturated rings. The summed E-state index contributed by atoms with van der Waals surface area (Å²) in [6.07, 6.45) is 0. The minimum absolute atomic E-state index is 0.211. The van der Waals surface area contributed by atoms with Crippen LogP contribution in [-0.4, -0.2) is 34.7 Å². The monoisotopic (exact) mass is 211 g/mol. The fraction of sp³-hybridized carbons (Fsp3) is 1.00. The maximum absolute atomic E-state index is 9.55. The van der Waals surface area contributed by atoms with Crippen molar-refractivity contribution in [1.82, 2.24) is 4.90 Å². The van der Waals surface area contributed by atoms with Crippen LogP contribution in [0.3, 0.4) is 0 Å². The first-order valence-electron chi connectivity index (χ1n) is 6.25. The van der Waals surface area contributed by atoms with Crippen molar-refractivity contribution < 1.29 is 5.11 Å². The molecule has 1 saturated heterocycles. The highest BCUT2D eigenvalue weighted by atomic mass is 16.3. The standard InChI is InChI=1S/C13H25NO/c1-8(2)11-9-6-14(13(3,4)5)10(7-15)12(9)11/h8-12,15H,6-7H2,1-5H3/t9-,10-,11-,12+/m1/s1. The van der Waals surface area contributed by atoms with Gasteiger partial charge in [0, 0.05) is 18.1 Å². The molecule has 1 saturated carbocycles. The summed E-state index contributed by atoms with van der Waals surface area (Å²) in [4.78, 5) is 2.50. The van der Waals surface area contributed by atoms with Crippen LogP contribution in [0.4, 0.5) is 0 Å². The first-order chi connectivity index (χ1) is 6.88. The van der Waals surface area contributed by atoms with Crippen molar-refractivity contribution in [2.45, 2.75) is 46.2 Å². The summed E-state index contributed by atoms with van der Waals surface area (Å²) < 4.78 is 0. The summed E-state index contributed by atoms with van der Waals surface area (Å²) in [5, 5.41) is 9.55. The summed E-state index contributed by atoms with van der Waals surface area (Å²) >= 11 is 0. The molecule has 1 N–H and O–H groups in total. The Morgan fingerprint density at radius 1 is 1.33 bits per heavy atom. The molecule has 0 spiro atoms. The summed E-state index contributed by atoms with van der Waals surface area (Å²) in [6, 6.07) is 0.419. The third kappa shape index (κ3) is 1.72. The Bertz CT molecular complexity index is 243. The lowest BCUT2D eigenvalue weighted by atomic mass is 9.97. The Balaban J connectivity index is 2.07. The van der Waals surface area contributed by atoms with E-state index in [0.29, 0.717) is 12.6 Å². The fourth-order valence-electron chi connectivity index (χ4n) is 3.71. The van der Waals surface area contributed by atoms with Crippen LogP contribution in [0.25, 0.3) is 0 Å². The predicted molar refractivity (Wildman–Crippen MR) is 62.6 cm³/mol. The maximum atomic E-state index is 9.55. The maximum Gasteiger partial charge on any atom is 0.0590 e. The van der Waals surface area contributed by atoms with Gasteiger partial charge in [-0.15, -0.1) is 0 Å². The number of rotatable bonds is 2. The lowest BCUT2D eigenvalue weighted by molar-refractivity contribution is 0.0502. The summed E-state index contributed by atoms with van der Waals surface area (Å²) in [7, 11) is 0. The zero-order chi connectivity index (χ0) is 11.4. The minimum atomic E-state index is 0.211. The Morgan fingerprint density at radius 2 is 1.93 bits per heavy atom. The molecule has 2 nitrogen and oxygen atoms in total. The van der Waals surface area contributed by atoms with Gasteiger partial charge in [0.15, 0.2) is 0 Å². The number of nitrogens with zero attached hydrogens (tertiary/aromatic N) is 1. The van der Waals surface area contributed by atoms with Crippen molar-refractivity contribution in [3.63, 3.8) is 0 Å². The third-order valence-corrected chi connectivity index (χ3v) is 4.36. The highest BCUT2D eigenvalue weighted by Gasteiger charge is 2.62. The van der Waals surface area contributed by atoms with Crippen molar-refractivity contribution >= 4 is 0 Å². The zero-order valence-electron chi connectivity index (χ0n) is 10.7. The lowest BCUT2D eigenvalue weighted by Gasteiger charge is -2.39. The van der Waals surface area contributed by atoms with Crippen molar-refractivity contribution in [2.75, 3.05) is 13.2 Å². The molecule has 0 bridgehead atoms. The Hall–Kier alpha value is -0.0800. The number of hydrogen-bond donors (Lipinski definition) is 1. The second kappa shape index (κ2) is 3.46. The topological polar surface area (TPSA) is 23.5 Å². The molecule has 0 amide bonds. The smallest absolute Gasteiger partial charge is 0.0590 e. The van der Waals surface area contributed by atoms with Gasteiger partial charge in [-0.05, 0) is 44.4 Å². The van der Waals surface area contributed by atoms with Gasteiger partial charge in [-0.2, -0.15) is 0 Å². The number of likely N-dealkylation sites (tertiary alicyclic amines) is 1. The van der Waals surface area contributed by atoms with Gasteiger partial charge in [0.25, 0.3) is 0 Å². The molecule has 1 aliphatic carbocycles. The second-order valence-corrected chi connectivity index (χ2v) is 6.64. The van der Waals surface area contributed by atoms with E-state index in [1.54, 1.807) is 0 Å². The van der Waals surface area contributed by atoms with Gasteiger partial charge in [-0.25, -0.2) is 0 Å². The van der Waals surface area contributed by atoms with Crippen molar-refractivity contribution in [3.05, 3.63) is 0 Å². The molecule has 0 unspecified atom stereocenters. The van der Waals surface area contributed by atoms with Gasteiger partial charge in [0.1, 0.15) is 0 Å². The largest absolute Gasteiger partial charge is 0.395 e. The van der Waals surface area contributed by atoms with E-state index >= 15 is 0 Å². The lowest BCUT2D eigenvalue weighted by Crippen LogP contribution is -2.49. The summed E-state index contributed by atoms with van der Waals surface area (Å²) in [5.74, 6) is 3.30. The third-order valence-electron chi connectivity index (χ3n) is 4.36. The average Bonchev–Trinajstić information content (AvgIpc) is 2.67. The van der Waals surface area contributed by atoms with Crippen LogP contribution in [-0.2, 0) is 0 Å². The van der Waals surface area contributed by atoms with Gasteiger partial charge in [0.05, 0.1) is 6.61 Å². The van der Waals surface area contributed by atoms with Gasteiger partial charge < -0.3 is 5.11 Å². The Morgan fingerprint density at radius 3 is 2.33 bits per heavy atom. The SMILES string of the molecule is CC(C)[C@@H]1[C@H]2CN(C(C)(C)C)[C@H](CO)[C@H]21. The minimum Gasteiger partial charge on any atom is -0.395 e. The molecule has 2 rings (SSSR count). The molecule has 1 aliphatic heterocycles. The second-order valence-electron chi connectivity index (χ2n) is 6.64. The quantitative estimate of drug-likeness (QED) is 0.755. The highest BCUT2D eigenvalue weighted by Crippen LogP contribution is 2.59. The van der Waals surface area contributed by atoms with E-state index in [-0.39, 0.29) is 5.54 Å². The highest BCUT2D eigenvalue weighted by molar-refractivity contribution is 5.13. The van der Waals surface area contributed by atoms with Crippen molar-refractivity contribution in [1.29, 1.82) is 0 Å². The molecule has 0 aromatic carbocycles. The Kier molecular flexibility index (Phi) is 2.63. The first-order valence-corrected chi connectivity index (χ1v) is 6.25. The molecule has 0 radical (unpaired) electrons. The number of fused-ring (bicyclic) bond motifs is 1. The molecular weight excluding hydrogens is 186 g/mol. The van der Waals surface area contributed by atoms with E-state index in [0.717, 1.165) is 23.7 Å². The van der Waals surface area contributed by atoms with Gasteiger partial charge in [-0.3, -0.25) is 4.90 Å². The molecule has 0 aromatic heterocycles. The van der Waals surface area contributed by atoms with Crippen molar-refractivity contribution in [2.24, 2.45) is 23.7 Å². The van der Waals surface area contributed by atoms with Gasteiger partial charge >= 0.3 is 0 Å².